The lowest BCUT2D eigenvalue weighted by atomic mass is 9.88. The smallest absolute Gasteiger partial charge is 0.426 e. The predicted molar refractivity (Wildman–Crippen MR) is 442 cm³/mol. The molecule has 0 bridgehead atoms. The zero-order valence-electron chi connectivity index (χ0n) is 68.0. The summed E-state index contributed by atoms with van der Waals surface area (Å²) in [4.78, 5) is 70.8. The SMILES string of the molecule is [B]Cc1cc(C(=O)OC(CS(=O)(=O)[O-])C(F)(F)F)ccc1N.[B]Cc1cc(C[B])c(N)c(C(=O)OC(CS(=O)(=O)[O-])C(F)(F)F)c1.[B]Cc1cc(C[B])cc(C(=O)OC(CS(=O)(=O)[O-])C(F)(F)F)c1.[B]Cc1ccc(C(=O)OC(CS(=O)(=O)[O-])C(F)(F)F)c(Cl)c1.[B]Cc1ccc(C[B])c(C(=O)OC(CS(=O)(=O)[O-])C(F)(F)F)c1.[B]Cc1ccc(Cl)c(C(=O)OC(CS(=O)(=O)[O-])C(F)(F)F)c1. The number of anilines is 2. The van der Waals surface area contributed by atoms with Crippen LogP contribution in [0.4, 0.5) is 90.4 Å². The average Bonchev–Trinajstić information content (AvgIpc) is 0.797. The molecular formula is C69H57B9Cl2F18N2O30S6-6. The lowest BCUT2D eigenvalue weighted by Gasteiger charge is -2.22. The highest BCUT2D eigenvalue weighted by atomic mass is 35.5. The van der Waals surface area contributed by atoms with Crippen LogP contribution in [0.15, 0.2) is 103 Å². The predicted octanol–water partition coefficient (Wildman–Crippen LogP) is 5.40. The highest BCUT2D eigenvalue weighted by Crippen LogP contribution is 2.34. The number of nitrogen functional groups attached to an aromatic ring is 2. The Balaban J connectivity index is 0.000000816. The van der Waals surface area contributed by atoms with E-state index < -0.39 is 221 Å². The van der Waals surface area contributed by atoms with Crippen LogP contribution < -0.4 is 11.5 Å². The van der Waals surface area contributed by atoms with Crippen molar-refractivity contribution in [1.82, 2.24) is 0 Å². The van der Waals surface area contributed by atoms with Crippen LogP contribution in [-0.4, -0.2) is 292 Å². The summed E-state index contributed by atoms with van der Waals surface area (Å²) in [6, 6.07) is 21.6. The highest BCUT2D eigenvalue weighted by Gasteiger charge is 2.50. The Morgan fingerprint density at radius 3 is 0.846 bits per heavy atom. The quantitative estimate of drug-likeness (QED) is 0.0130. The third-order valence-corrected chi connectivity index (χ3v) is 20.9. The summed E-state index contributed by atoms with van der Waals surface area (Å²) in [7, 11) is 16.9. The maximum atomic E-state index is 12.8. The summed E-state index contributed by atoms with van der Waals surface area (Å²) in [5, 5.41) is -0.410. The molecule has 0 aliphatic rings. The Hall–Kier alpha value is -8.90. The van der Waals surface area contributed by atoms with Crippen molar-refractivity contribution in [2.75, 3.05) is 46.0 Å². The van der Waals surface area contributed by atoms with Crippen molar-refractivity contribution in [3.63, 3.8) is 0 Å². The van der Waals surface area contributed by atoms with Gasteiger partial charge in [0.25, 0.3) is 0 Å². The van der Waals surface area contributed by atoms with Gasteiger partial charge in [-0.05, 0) is 83.4 Å². The van der Waals surface area contributed by atoms with Gasteiger partial charge in [0.1, 0.15) is 0 Å². The molecule has 0 amide bonds. The van der Waals surface area contributed by atoms with Gasteiger partial charge in [0.05, 0.1) is 209 Å². The number of carbonyl (C=O) groups is 6. The molecule has 0 saturated carbocycles. The molecule has 0 aliphatic heterocycles. The summed E-state index contributed by atoms with van der Waals surface area (Å²) < 4.78 is 442. The van der Waals surface area contributed by atoms with Crippen molar-refractivity contribution >= 4 is 202 Å². The summed E-state index contributed by atoms with van der Waals surface area (Å²) >= 11 is 11.4. The summed E-state index contributed by atoms with van der Waals surface area (Å²) in [6.45, 7) is 0. The maximum absolute atomic E-state index is 12.8. The molecule has 0 aliphatic carbocycles. The van der Waals surface area contributed by atoms with Crippen LogP contribution in [0.1, 0.15) is 112 Å². The fourth-order valence-electron chi connectivity index (χ4n) is 9.54. The van der Waals surface area contributed by atoms with Gasteiger partial charge in [-0.3, -0.25) is 0 Å². The number of ether oxygens (including phenoxy) is 6. The third-order valence-electron chi connectivity index (χ3n) is 16.0. The summed E-state index contributed by atoms with van der Waals surface area (Å²) in [5.74, 6) is -20.3. The van der Waals surface area contributed by atoms with Crippen LogP contribution in [0, 0.1) is 0 Å². The van der Waals surface area contributed by atoms with E-state index in [1.54, 1.807) is 6.07 Å². The number of benzene rings is 6. The second kappa shape index (κ2) is 52.4. The van der Waals surface area contributed by atoms with Crippen molar-refractivity contribution in [2.24, 2.45) is 0 Å². The number of nitrogens with two attached hydrogens (primary N) is 2. The lowest BCUT2D eigenvalue weighted by Crippen LogP contribution is -2.39. The van der Waals surface area contributed by atoms with E-state index in [0.29, 0.717) is 38.9 Å². The monoisotopic (exact) mass is 2100 g/mol. The first-order valence-electron chi connectivity index (χ1n) is 35.8. The Kier molecular flexibility index (Phi) is 48.2. The molecule has 4 N–H and O–H groups in total. The van der Waals surface area contributed by atoms with E-state index in [1.165, 1.54) is 66.7 Å². The molecule has 6 atom stereocenters. The molecule has 0 heterocycles. The summed E-state index contributed by atoms with van der Waals surface area (Å²) in [5.41, 5.74) is 12.4. The van der Waals surface area contributed by atoms with Gasteiger partial charge in [0, 0.05) is 11.4 Å². The summed E-state index contributed by atoms with van der Waals surface area (Å²) in [6.07, 6.45) is -50.0. The molecule has 0 spiro atoms. The number of halogens is 20. The van der Waals surface area contributed by atoms with Crippen molar-refractivity contribution in [1.29, 1.82) is 0 Å². The first-order valence-corrected chi connectivity index (χ1v) is 46.0. The topological polar surface area (TPSA) is 553 Å². The minimum absolute atomic E-state index is 0.00487. The van der Waals surface area contributed by atoms with Gasteiger partial charge in [0.15, 0.2) is 0 Å². The Bertz CT molecular complexity index is 5870. The molecular weight excluding hydrogens is 2040 g/mol. The Labute approximate surface area is 784 Å². The van der Waals surface area contributed by atoms with E-state index in [9.17, 15) is 186 Å². The van der Waals surface area contributed by atoms with Crippen LogP contribution in [-0.2, 0) is 146 Å². The fraction of sp³-hybridized carbons (Fsp3) is 0.391. The molecule has 0 fully saturated rings. The number of hydrogen-bond acceptors (Lipinski definition) is 32. The number of alkyl halides is 18. The fourth-order valence-corrected chi connectivity index (χ4v) is 13.8. The van der Waals surface area contributed by atoms with Crippen LogP contribution in [0.25, 0.3) is 0 Å². The minimum atomic E-state index is -5.29. The highest BCUT2D eigenvalue weighted by molar-refractivity contribution is 7.87. The Morgan fingerprint density at radius 2 is 0.537 bits per heavy atom. The zero-order valence-corrected chi connectivity index (χ0v) is 74.4. The number of carbonyl (C=O) groups excluding carboxylic acids is 6. The van der Waals surface area contributed by atoms with Gasteiger partial charge in [-0.2, -0.15) is 79.0 Å². The van der Waals surface area contributed by atoms with E-state index in [-0.39, 0.29) is 106 Å². The molecule has 732 valence electrons. The van der Waals surface area contributed by atoms with Crippen molar-refractivity contribution in [3.8, 4) is 0 Å². The maximum Gasteiger partial charge on any atom is 0.426 e. The molecule has 6 rings (SSSR count). The average molecular weight is 2100 g/mol. The number of esters is 6. The largest absolute Gasteiger partial charge is 0.748 e. The lowest BCUT2D eigenvalue weighted by molar-refractivity contribution is -0.197. The van der Waals surface area contributed by atoms with Gasteiger partial charge >= 0.3 is 72.9 Å². The van der Waals surface area contributed by atoms with E-state index in [4.69, 9.17) is 105 Å². The first-order chi connectivity index (χ1) is 61.6. The van der Waals surface area contributed by atoms with Crippen LogP contribution in [0.5, 0.6) is 0 Å². The van der Waals surface area contributed by atoms with Gasteiger partial charge in [-0.15, -0.1) is 0 Å². The van der Waals surface area contributed by atoms with Gasteiger partial charge in [0.2, 0.25) is 36.6 Å². The van der Waals surface area contributed by atoms with Crippen molar-refractivity contribution in [2.45, 2.75) is 131 Å². The van der Waals surface area contributed by atoms with Gasteiger partial charge in [-0.25, -0.2) is 79.3 Å². The van der Waals surface area contributed by atoms with Crippen LogP contribution >= 0.6 is 23.2 Å². The standard InChI is InChI=1S/C12H12B2F3NO5S.2C12H11B2F3O5S.2C11H9BClF3O5S.C11H11BF3NO5S/c13-3-6-1-7(4-14)10(18)8(2-6)11(19)23-9(12(15,16)17)5-24(20,21)22;13-4-7-1-8(5-14)3-9(2-7)11(18)22-10(12(15,16)17)6-23(19,20)21;13-4-7-1-2-8(5-14)9(3-7)11(18)22-10(12(15,16)17)6-23(19,20)21;12-4-6-1-2-8(13)7(3-6)10(17)21-9(11(14,15)16)5-22(18,19)20;12-4-6-1-2-7(8(13)3-6)10(17)21-9(11(14,15)16)5-22(18,19)20;12-4-7-3-6(1-2-8(7)16)10(17)21-9(11(13,14)15)5-22(18,19)20/h1-2,9H,3-5,18H2,(H,20,21,22);2*1-3,10H,4-6H2,(H,19,20,21);2*1-3,9H,4-5H2,(H,18,19,20);1-3,9H,4-5,16H2,(H,18,19,20)/p-6. The molecule has 0 aromatic heterocycles. The van der Waals surface area contributed by atoms with E-state index in [0.717, 1.165) is 30.3 Å². The van der Waals surface area contributed by atoms with E-state index >= 15 is 0 Å². The minimum Gasteiger partial charge on any atom is -0.748 e. The third kappa shape index (κ3) is 46.7. The Morgan fingerprint density at radius 1 is 0.272 bits per heavy atom. The molecule has 6 aromatic carbocycles. The molecule has 136 heavy (non-hydrogen) atoms. The zero-order chi connectivity index (χ0) is 106. The van der Waals surface area contributed by atoms with E-state index in [2.05, 4.69) is 28.4 Å². The number of hydrogen-bond donors (Lipinski definition) is 2. The molecule has 32 nitrogen and oxygen atoms in total. The second-order valence-corrected chi connectivity index (χ2v) is 36.1. The van der Waals surface area contributed by atoms with Gasteiger partial charge < -0.3 is 67.2 Å². The van der Waals surface area contributed by atoms with Crippen molar-refractivity contribution in [3.05, 3.63) is 197 Å². The molecule has 67 heteroatoms. The second-order valence-electron chi connectivity index (χ2n) is 26.6. The van der Waals surface area contributed by atoms with Gasteiger partial charge in [-0.1, -0.05) is 150 Å². The molecule has 6 aromatic rings. The van der Waals surface area contributed by atoms with Crippen LogP contribution in [0.3, 0.4) is 0 Å². The normalized spacial score (nSPS) is 13.6. The number of rotatable bonds is 33. The van der Waals surface area contributed by atoms with Crippen molar-refractivity contribution < 1.29 is 214 Å². The molecule has 6 unspecified atom stereocenters. The molecule has 0 saturated heterocycles. The molecule has 18 radical (unpaired) electrons. The van der Waals surface area contributed by atoms with E-state index in [1.807, 2.05) is 0 Å². The first kappa shape index (κ1) is 125. The van der Waals surface area contributed by atoms with Crippen LogP contribution in [0.2, 0.25) is 10.0 Å².